The second kappa shape index (κ2) is 6.46. The van der Waals surface area contributed by atoms with E-state index in [0.29, 0.717) is 24.0 Å². The van der Waals surface area contributed by atoms with Gasteiger partial charge in [-0.3, -0.25) is 4.79 Å². The minimum absolute atomic E-state index is 0.0799. The average Bonchev–Trinajstić information content (AvgIpc) is 2.54. The fraction of sp³-hybridized carbons (Fsp3) is 0.727. The van der Waals surface area contributed by atoms with Crippen molar-refractivity contribution in [2.45, 2.75) is 78.5 Å². The van der Waals surface area contributed by atoms with Gasteiger partial charge in [-0.1, -0.05) is 41.0 Å². The highest BCUT2D eigenvalue weighted by Gasteiger charge is 2.65. The monoisotopic (exact) mass is 398 g/mol. The van der Waals surface area contributed by atoms with Crippen LogP contribution in [0.1, 0.15) is 66.7 Å². The Morgan fingerprint density at radius 3 is 2.43 bits per heavy atom. The summed E-state index contributed by atoms with van der Waals surface area (Å²) in [6.07, 6.45) is 1.42. The van der Waals surface area contributed by atoms with Crippen LogP contribution in [-0.4, -0.2) is 23.5 Å². The molecule has 0 saturated heterocycles. The zero-order valence-electron chi connectivity index (χ0n) is 17.2. The summed E-state index contributed by atoms with van der Waals surface area (Å²) in [5, 5.41) is 0. The maximum absolute atomic E-state index is 13.2. The SMILES string of the molecule is CC(C)C1=C2CC[C@H]3C(C)(C)CCC[C@]3(C)[C@@]2(OC(=O)C(F)(F)F)C=CC1=O. The third-order valence-electron chi connectivity index (χ3n) is 7.33. The van der Waals surface area contributed by atoms with Gasteiger partial charge in [0.1, 0.15) is 0 Å². The van der Waals surface area contributed by atoms with Crippen molar-refractivity contribution in [1.82, 2.24) is 0 Å². The van der Waals surface area contributed by atoms with Crippen LogP contribution in [0.3, 0.4) is 0 Å². The van der Waals surface area contributed by atoms with Crippen molar-refractivity contribution in [1.29, 1.82) is 0 Å². The van der Waals surface area contributed by atoms with Gasteiger partial charge in [0.25, 0.3) is 0 Å². The van der Waals surface area contributed by atoms with Crippen molar-refractivity contribution >= 4 is 11.8 Å². The van der Waals surface area contributed by atoms with Crippen molar-refractivity contribution in [3.8, 4) is 0 Å². The minimum atomic E-state index is -5.08. The molecule has 0 bridgehead atoms. The number of alkyl halides is 3. The molecular weight excluding hydrogens is 369 g/mol. The van der Waals surface area contributed by atoms with Crippen molar-refractivity contribution in [2.75, 3.05) is 0 Å². The Kier molecular flexibility index (Phi) is 4.87. The van der Waals surface area contributed by atoms with Gasteiger partial charge < -0.3 is 4.74 Å². The standard InChI is InChI=1S/C22H29F3O3/c1-13(2)17-14-7-8-16-19(3,4)10-6-11-20(16,5)21(14,12-9-15(17)26)28-18(27)22(23,24)25/h9,12-13,16H,6-8,10-11H2,1-5H3/t16-,20-,21+/m0/s1. The summed E-state index contributed by atoms with van der Waals surface area (Å²) in [6.45, 7) is 9.94. The number of ketones is 1. The number of hydrogen-bond donors (Lipinski definition) is 0. The Balaban J connectivity index is 2.25. The lowest BCUT2D eigenvalue weighted by atomic mass is 9.44. The molecule has 3 atom stereocenters. The van der Waals surface area contributed by atoms with Gasteiger partial charge in [-0.2, -0.15) is 13.2 Å². The maximum atomic E-state index is 13.2. The Labute approximate surface area is 164 Å². The first-order valence-corrected chi connectivity index (χ1v) is 10.0. The molecule has 0 unspecified atom stereocenters. The molecule has 3 aliphatic rings. The summed E-state index contributed by atoms with van der Waals surface area (Å²) in [5.41, 5.74) is -1.22. The average molecular weight is 398 g/mol. The van der Waals surface area contributed by atoms with E-state index in [1.807, 2.05) is 20.8 Å². The lowest BCUT2D eigenvalue weighted by molar-refractivity contribution is -0.227. The highest BCUT2D eigenvalue weighted by molar-refractivity contribution is 6.06. The van der Waals surface area contributed by atoms with Gasteiger partial charge in [0.2, 0.25) is 0 Å². The molecule has 0 aromatic rings. The highest BCUT2D eigenvalue weighted by Crippen LogP contribution is 2.65. The van der Waals surface area contributed by atoms with Crippen molar-refractivity contribution in [3.63, 3.8) is 0 Å². The minimum Gasteiger partial charge on any atom is -0.443 e. The Morgan fingerprint density at radius 1 is 1.21 bits per heavy atom. The van der Waals surface area contributed by atoms with E-state index in [1.165, 1.54) is 12.2 Å². The molecule has 3 aliphatic carbocycles. The predicted octanol–water partition coefficient (Wildman–Crippen LogP) is 5.55. The molecule has 0 N–H and O–H groups in total. The molecule has 0 aromatic carbocycles. The molecular formula is C22H29F3O3. The normalized spacial score (nSPS) is 34.9. The molecule has 0 radical (unpaired) electrons. The number of fused-ring (bicyclic) bond motifs is 3. The van der Waals surface area contributed by atoms with Crippen LogP contribution in [0.2, 0.25) is 0 Å². The third-order valence-corrected chi connectivity index (χ3v) is 7.33. The van der Waals surface area contributed by atoms with Gasteiger partial charge in [-0.15, -0.1) is 0 Å². The molecule has 0 aromatic heterocycles. The summed E-state index contributed by atoms with van der Waals surface area (Å²) in [4.78, 5) is 24.6. The van der Waals surface area contributed by atoms with Gasteiger partial charge in [-0.05, 0) is 60.7 Å². The summed E-state index contributed by atoms with van der Waals surface area (Å²) in [7, 11) is 0. The van der Waals surface area contributed by atoms with Crippen LogP contribution in [0.4, 0.5) is 13.2 Å². The third kappa shape index (κ3) is 2.94. The lowest BCUT2D eigenvalue weighted by Crippen LogP contribution is -2.62. The molecule has 2 saturated carbocycles. The molecule has 2 fully saturated rings. The first kappa shape index (κ1) is 21.1. The van der Waals surface area contributed by atoms with E-state index in [9.17, 15) is 22.8 Å². The number of esters is 1. The quantitative estimate of drug-likeness (QED) is 0.573. The molecule has 3 rings (SSSR count). The fourth-order valence-electron chi connectivity index (χ4n) is 6.20. The first-order chi connectivity index (χ1) is 12.8. The van der Waals surface area contributed by atoms with Crippen molar-refractivity contribution in [2.24, 2.45) is 22.7 Å². The highest BCUT2D eigenvalue weighted by atomic mass is 19.4. The second-order valence-corrected chi connectivity index (χ2v) is 9.72. The topological polar surface area (TPSA) is 43.4 Å². The number of hydrogen-bond acceptors (Lipinski definition) is 3. The molecule has 28 heavy (non-hydrogen) atoms. The summed E-state index contributed by atoms with van der Waals surface area (Å²) >= 11 is 0. The number of carbonyl (C=O) groups is 2. The Bertz CT molecular complexity index is 759. The summed E-state index contributed by atoms with van der Waals surface area (Å²) in [6, 6.07) is 0. The van der Waals surface area contributed by atoms with Crippen LogP contribution in [0.25, 0.3) is 0 Å². The Morgan fingerprint density at radius 2 is 1.86 bits per heavy atom. The molecule has 156 valence electrons. The van der Waals surface area contributed by atoms with E-state index >= 15 is 0 Å². The van der Waals surface area contributed by atoms with Gasteiger partial charge in [-0.25, -0.2) is 4.79 Å². The van der Waals surface area contributed by atoms with Crippen LogP contribution in [0.5, 0.6) is 0 Å². The lowest BCUT2D eigenvalue weighted by Gasteiger charge is -2.62. The summed E-state index contributed by atoms with van der Waals surface area (Å²) < 4.78 is 45.0. The molecule has 0 heterocycles. The van der Waals surface area contributed by atoms with E-state index in [0.717, 1.165) is 19.3 Å². The second-order valence-electron chi connectivity index (χ2n) is 9.72. The molecule has 3 nitrogen and oxygen atoms in total. The van der Waals surface area contributed by atoms with Gasteiger partial charge >= 0.3 is 12.1 Å². The number of carbonyl (C=O) groups excluding carboxylic acids is 2. The van der Waals surface area contributed by atoms with Crippen molar-refractivity contribution < 1.29 is 27.5 Å². The molecule has 0 amide bonds. The predicted molar refractivity (Wildman–Crippen MR) is 99.4 cm³/mol. The van der Waals surface area contributed by atoms with E-state index in [4.69, 9.17) is 4.74 Å². The number of rotatable bonds is 2. The number of ether oxygens (including phenoxy) is 1. The molecule has 0 spiro atoms. The number of allylic oxidation sites excluding steroid dienone is 2. The van der Waals surface area contributed by atoms with Crippen LogP contribution in [-0.2, 0) is 14.3 Å². The van der Waals surface area contributed by atoms with Gasteiger partial charge in [0.05, 0.1) is 0 Å². The zero-order chi connectivity index (χ0) is 21.1. The number of halogens is 3. The van der Waals surface area contributed by atoms with Gasteiger partial charge in [0, 0.05) is 11.0 Å². The largest absolute Gasteiger partial charge is 0.490 e. The van der Waals surface area contributed by atoms with Crippen LogP contribution < -0.4 is 0 Å². The van der Waals surface area contributed by atoms with Crippen molar-refractivity contribution in [3.05, 3.63) is 23.3 Å². The molecule has 0 aliphatic heterocycles. The first-order valence-electron chi connectivity index (χ1n) is 10.0. The Hall–Kier alpha value is -1.59. The smallest absolute Gasteiger partial charge is 0.443 e. The van der Waals surface area contributed by atoms with E-state index in [-0.39, 0.29) is 23.0 Å². The molecule has 6 heteroatoms. The van der Waals surface area contributed by atoms with E-state index < -0.39 is 23.2 Å². The van der Waals surface area contributed by atoms with Gasteiger partial charge in [0.15, 0.2) is 11.4 Å². The zero-order valence-corrected chi connectivity index (χ0v) is 17.2. The van der Waals surface area contributed by atoms with Crippen LogP contribution in [0, 0.1) is 22.7 Å². The van der Waals surface area contributed by atoms with E-state index in [1.54, 1.807) is 0 Å². The van der Waals surface area contributed by atoms with Crippen LogP contribution >= 0.6 is 0 Å². The fourth-order valence-corrected chi connectivity index (χ4v) is 6.20. The van der Waals surface area contributed by atoms with Crippen LogP contribution in [0.15, 0.2) is 23.3 Å². The maximum Gasteiger partial charge on any atom is 0.490 e. The summed E-state index contributed by atoms with van der Waals surface area (Å²) in [5.74, 6) is -2.45. The van der Waals surface area contributed by atoms with E-state index in [2.05, 4.69) is 13.8 Å².